The van der Waals surface area contributed by atoms with Crippen LogP contribution in [0, 0.1) is 0 Å². The van der Waals surface area contributed by atoms with Crippen molar-refractivity contribution in [2.45, 2.75) is 81.5 Å². The molecule has 41 heavy (non-hydrogen) atoms. The fraction of sp³-hybridized carbons (Fsp3) is 0.594. The molecule has 0 aromatic heterocycles. The van der Waals surface area contributed by atoms with Crippen LogP contribution in [0.1, 0.15) is 64.4 Å². The van der Waals surface area contributed by atoms with E-state index in [1.807, 2.05) is 29.2 Å². The third kappa shape index (κ3) is 8.93. The Bertz CT molecular complexity index is 1180. The van der Waals surface area contributed by atoms with Crippen LogP contribution in [-0.2, 0) is 25.9 Å². The summed E-state index contributed by atoms with van der Waals surface area (Å²) in [7, 11) is -3.61. The number of nitrogens with zero attached hydrogens (tertiary/aromatic N) is 2. The van der Waals surface area contributed by atoms with Gasteiger partial charge in [-0.2, -0.15) is 0 Å². The smallest absolute Gasteiger partial charge is 0.323 e. The molecule has 0 bridgehead atoms. The van der Waals surface area contributed by atoms with E-state index in [4.69, 9.17) is 14.2 Å². The second-order valence-corrected chi connectivity index (χ2v) is 13.2. The Morgan fingerprint density at radius 2 is 1.54 bits per heavy atom. The molecule has 0 spiro atoms. The summed E-state index contributed by atoms with van der Waals surface area (Å²) in [5, 5.41) is -0.657. The van der Waals surface area contributed by atoms with E-state index in [-0.39, 0.29) is 23.9 Å². The molecule has 0 radical (unpaired) electrons. The average molecular weight is 587 g/mol. The molecule has 0 saturated carbocycles. The van der Waals surface area contributed by atoms with Gasteiger partial charge in [0.25, 0.3) is 0 Å². The Morgan fingerprint density at radius 1 is 0.878 bits per heavy atom. The fourth-order valence-electron chi connectivity index (χ4n) is 5.59. The van der Waals surface area contributed by atoms with Gasteiger partial charge in [0.05, 0.1) is 23.4 Å². The van der Waals surface area contributed by atoms with Gasteiger partial charge in [0.2, 0.25) is 0 Å². The molecule has 4 rings (SSSR count). The number of likely N-dealkylation sites (tertiary alicyclic amines) is 2. The van der Waals surface area contributed by atoms with Crippen LogP contribution in [0.25, 0.3) is 0 Å². The van der Waals surface area contributed by atoms with Crippen LogP contribution in [0.4, 0.5) is 0 Å². The summed E-state index contributed by atoms with van der Waals surface area (Å²) in [6.45, 7) is 9.67. The fourth-order valence-corrected chi connectivity index (χ4v) is 7.34. The zero-order valence-electron chi connectivity index (χ0n) is 24.6. The van der Waals surface area contributed by atoms with Crippen molar-refractivity contribution in [1.82, 2.24) is 9.80 Å². The van der Waals surface area contributed by atoms with E-state index in [1.165, 1.54) is 19.3 Å². The number of benzene rings is 2. The molecule has 2 saturated heterocycles. The first-order valence-electron chi connectivity index (χ1n) is 15.2. The molecular weight excluding hydrogens is 540 g/mol. The SMILES string of the molecule is CCCCOc1ccc(S(=O)(=O)C2CCN(Cc3ccc(OCCN4CCCCC4)cc3)C(C(=O)OCC)C2)cc1. The maximum absolute atomic E-state index is 13.5. The highest BCUT2D eigenvalue weighted by Gasteiger charge is 2.40. The van der Waals surface area contributed by atoms with E-state index >= 15 is 0 Å². The molecule has 2 unspecified atom stereocenters. The standard InChI is InChI=1S/C32H46N2O6S/c1-3-5-22-39-28-13-15-29(16-14-28)41(36,37)30-17-20-34(31(24-30)32(35)38-4-2)25-26-9-11-27(12-10-26)40-23-21-33-18-7-6-8-19-33/h9-16,30-31H,3-8,17-25H2,1-2H3. The molecule has 2 aliphatic heterocycles. The number of ether oxygens (including phenoxy) is 3. The minimum Gasteiger partial charge on any atom is -0.494 e. The zero-order valence-corrected chi connectivity index (χ0v) is 25.4. The number of hydrogen-bond acceptors (Lipinski definition) is 8. The minimum atomic E-state index is -3.61. The van der Waals surface area contributed by atoms with Gasteiger partial charge in [0, 0.05) is 19.6 Å². The van der Waals surface area contributed by atoms with Crippen LogP contribution in [-0.4, -0.2) is 81.5 Å². The zero-order chi connectivity index (χ0) is 29.1. The first kappa shape index (κ1) is 31.3. The molecule has 0 amide bonds. The lowest BCUT2D eigenvalue weighted by Gasteiger charge is -2.37. The molecule has 2 aromatic carbocycles. The number of unbranched alkanes of at least 4 members (excludes halogenated alkanes) is 1. The van der Waals surface area contributed by atoms with Crippen molar-refractivity contribution in [1.29, 1.82) is 0 Å². The molecule has 2 fully saturated rings. The van der Waals surface area contributed by atoms with E-state index in [1.54, 1.807) is 31.2 Å². The van der Waals surface area contributed by atoms with Gasteiger partial charge in [-0.1, -0.05) is 31.9 Å². The quantitative estimate of drug-likeness (QED) is 0.223. The molecule has 2 atom stereocenters. The van der Waals surface area contributed by atoms with Gasteiger partial charge in [-0.05, 0) is 94.1 Å². The Labute approximate surface area is 245 Å². The Morgan fingerprint density at radius 3 is 2.20 bits per heavy atom. The summed E-state index contributed by atoms with van der Waals surface area (Å²) >= 11 is 0. The van der Waals surface area contributed by atoms with Gasteiger partial charge in [-0.15, -0.1) is 0 Å². The van der Waals surface area contributed by atoms with E-state index in [9.17, 15) is 13.2 Å². The number of sulfone groups is 1. The second kappa shape index (κ2) is 15.6. The van der Waals surface area contributed by atoms with Crippen LogP contribution >= 0.6 is 0 Å². The highest BCUT2D eigenvalue weighted by molar-refractivity contribution is 7.92. The third-order valence-electron chi connectivity index (χ3n) is 8.02. The van der Waals surface area contributed by atoms with Crippen molar-refractivity contribution < 1.29 is 27.4 Å². The van der Waals surface area contributed by atoms with Gasteiger partial charge in [-0.3, -0.25) is 14.6 Å². The number of carbonyl (C=O) groups excluding carboxylic acids is 1. The number of rotatable bonds is 14. The van der Waals surface area contributed by atoms with Gasteiger partial charge in [-0.25, -0.2) is 8.42 Å². The largest absolute Gasteiger partial charge is 0.494 e. The van der Waals surface area contributed by atoms with Crippen molar-refractivity contribution >= 4 is 15.8 Å². The molecule has 2 heterocycles. The van der Waals surface area contributed by atoms with Crippen molar-refractivity contribution in [2.24, 2.45) is 0 Å². The molecule has 2 aliphatic rings. The van der Waals surface area contributed by atoms with E-state index in [0.29, 0.717) is 38.5 Å². The Hall–Kier alpha value is -2.62. The number of piperidine rings is 2. The highest BCUT2D eigenvalue weighted by atomic mass is 32.2. The number of esters is 1. The highest BCUT2D eigenvalue weighted by Crippen LogP contribution is 2.31. The molecule has 226 valence electrons. The van der Waals surface area contributed by atoms with Crippen LogP contribution in [0.2, 0.25) is 0 Å². The topological polar surface area (TPSA) is 85.4 Å². The summed E-state index contributed by atoms with van der Waals surface area (Å²) in [4.78, 5) is 17.7. The van der Waals surface area contributed by atoms with Crippen molar-refractivity contribution in [3.05, 3.63) is 54.1 Å². The minimum absolute atomic E-state index is 0.202. The molecule has 8 nitrogen and oxygen atoms in total. The van der Waals surface area contributed by atoms with E-state index < -0.39 is 21.1 Å². The van der Waals surface area contributed by atoms with Crippen molar-refractivity contribution in [3.63, 3.8) is 0 Å². The summed E-state index contributed by atoms with van der Waals surface area (Å²) < 4.78 is 44.1. The predicted octanol–water partition coefficient (Wildman–Crippen LogP) is 5.10. The third-order valence-corrected chi connectivity index (χ3v) is 10.3. The lowest BCUT2D eigenvalue weighted by Crippen LogP contribution is -2.50. The maximum atomic E-state index is 13.5. The Balaban J connectivity index is 1.36. The monoisotopic (exact) mass is 586 g/mol. The number of carbonyl (C=O) groups is 1. The van der Waals surface area contributed by atoms with Crippen LogP contribution < -0.4 is 9.47 Å². The lowest BCUT2D eigenvalue weighted by molar-refractivity contribution is -0.151. The van der Waals surface area contributed by atoms with E-state index in [2.05, 4.69) is 11.8 Å². The van der Waals surface area contributed by atoms with Crippen LogP contribution in [0.15, 0.2) is 53.4 Å². The summed E-state index contributed by atoms with van der Waals surface area (Å²) in [6.07, 6.45) is 6.50. The molecule has 0 N–H and O–H groups in total. The van der Waals surface area contributed by atoms with Crippen molar-refractivity contribution in [3.8, 4) is 11.5 Å². The maximum Gasteiger partial charge on any atom is 0.323 e. The Kier molecular flexibility index (Phi) is 11.9. The molecule has 2 aromatic rings. The summed E-state index contributed by atoms with van der Waals surface area (Å²) in [6, 6.07) is 14.0. The first-order valence-corrected chi connectivity index (χ1v) is 16.8. The predicted molar refractivity (Wildman–Crippen MR) is 160 cm³/mol. The van der Waals surface area contributed by atoms with Gasteiger partial charge in [0.15, 0.2) is 9.84 Å². The normalized spacial score (nSPS) is 20.4. The molecular formula is C32H46N2O6S. The van der Waals surface area contributed by atoms with Gasteiger partial charge >= 0.3 is 5.97 Å². The summed E-state index contributed by atoms with van der Waals surface area (Å²) in [5.74, 6) is 1.12. The summed E-state index contributed by atoms with van der Waals surface area (Å²) in [5.41, 5.74) is 1.04. The average Bonchev–Trinajstić information content (AvgIpc) is 2.99. The van der Waals surface area contributed by atoms with Crippen molar-refractivity contribution in [2.75, 3.05) is 46.0 Å². The first-order chi connectivity index (χ1) is 19.9. The van der Waals surface area contributed by atoms with Crippen LogP contribution in [0.3, 0.4) is 0 Å². The van der Waals surface area contributed by atoms with E-state index in [0.717, 1.165) is 43.8 Å². The molecule has 0 aliphatic carbocycles. The van der Waals surface area contributed by atoms with Gasteiger partial charge < -0.3 is 14.2 Å². The van der Waals surface area contributed by atoms with Crippen LogP contribution in [0.5, 0.6) is 11.5 Å². The molecule has 9 heteroatoms. The number of hydrogen-bond donors (Lipinski definition) is 0. The second-order valence-electron chi connectivity index (χ2n) is 11.0. The lowest BCUT2D eigenvalue weighted by atomic mass is 10.0. The van der Waals surface area contributed by atoms with Gasteiger partial charge in [0.1, 0.15) is 24.1 Å².